The summed E-state index contributed by atoms with van der Waals surface area (Å²) >= 11 is 0. The Morgan fingerprint density at radius 3 is 1.93 bits per heavy atom. The number of rotatable bonds is 6. The van der Waals surface area contributed by atoms with Crippen molar-refractivity contribution in [2.75, 3.05) is 0 Å². The van der Waals surface area contributed by atoms with Gasteiger partial charge in [-0.15, -0.1) is 6.55 Å². The van der Waals surface area contributed by atoms with Gasteiger partial charge in [-0.1, -0.05) is 6.08 Å². The number of carbonyl (C=O) groups excluding carboxylic acids is 1. The van der Waals surface area contributed by atoms with Gasteiger partial charge in [0.05, 0.1) is 1.37 Å². The molecule has 0 bridgehead atoms. The molecule has 0 aliphatic heterocycles. The number of carbonyl (C=O) groups is 1. The lowest BCUT2D eigenvalue weighted by atomic mass is 10.00. The minimum Gasteiger partial charge on any atom is -0.387 e. The molecule has 82 valence electrons. The highest BCUT2D eigenvalue weighted by molar-refractivity contribution is 5.56. The average Bonchev–Trinajstić information content (AvgIpc) is 2.25. The molecular weight excluding hydrogens is 192 g/mol. The molecule has 0 saturated carbocycles. The molecule has 0 aromatic carbocycles. The molecule has 0 aliphatic carbocycles. The van der Waals surface area contributed by atoms with Crippen LogP contribution in [0.3, 0.4) is 0 Å². The number of hydrogen-bond donors (Lipinski definition) is 5. The van der Waals surface area contributed by atoms with E-state index in [2.05, 4.69) is 0 Å². The van der Waals surface area contributed by atoms with Crippen molar-refractivity contribution in [3.8, 4) is 0 Å². The fourth-order valence-electron chi connectivity index (χ4n) is 0.800. The van der Waals surface area contributed by atoms with E-state index < -0.39 is 30.5 Å². The van der Waals surface area contributed by atoms with Crippen molar-refractivity contribution in [1.82, 2.24) is 0 Å². The molecule has 1 unspecified atom stereocenters. The minimum absolute atomic E-state index is 0.00663. The summed E-state index contributed by atoms with van der Waals surface area (Å²) in [6.45, 7) is 0.698. The van der Waals surface area contributed by atoms with Gasteiger partial charge in [-0.3, -0.25) is 0 Å². The molecule has 0 aromatic rings. The highest BCUT2D eigenvalue weighted by Gasteiger charge is 2.32. The molecule has 0 rings (SSSR count). The first-order valence-electron chi connectivity index (χ1n) is 4.44. The van der Waals surface area contributed by atoms with Crippen LogP contribution in [0.5, 0.6) is 0 Å². The van der Waals surface area contributed by atoms with E-state index >= 15 is 0 Å². The third-order valence-corrected chi connectivity index (χ3v) is 1.74. The lowest BCUT2D eigenvalue weighted by Gasteiger charge is -2.25. The van der Waals surface area contributed by atoms with Crippen LogP contribution in [0.1, 0.15) is 1.37 Å². The Kier molecular flexibility index (Phi) is 4.71. The van der Waals surface area contributed by atoms with Crippen LogP contribution < -0.4 is 0 Å². The fraction of sp³-hybridized carbons (Fsp3) is 0.625. The zero-order chi connectivity index (χ0) is 12.0. The van der Waals surface area contributed by atoms with Crippen molar-refractivity contribution in [3.05, 3.63) is 12.6 Å². The Bertz CT molecular complexity index is 221. The van der Waals surface area contributed by atoms with Crippen molar-refractivity contribution in [2.24, 2.45) is 0 Å². The Morgan fingerprint density at radius 2 is 1.50 bits per heavy atom. The maximum atomic E-state index is 10.1. The van der Waals surface area contributed by atoms with E-state index in [9.17, 15) is 15.0 Å². The van der Waals surface area contributed by atoms with E-state index in [1.165, 1.54) is 0 Å². The van der Waals surface area contributed by atoms with E-state index in [1.807, 2.05) is 0 Å². The molecule has 0 saturated heterocycles. The normalized spacial score (nSPS) is 23.6. The van der Waals surface area contributed by atoms with Gasteiger partial charge in [-0.2, -0.15) is 0 Å². The van der Waals surface area contributed by atoms with E-state index in [-0.39, 0.29) is 6.29 Å². The SMILES string of the molecule is [2H]C=CC(O)[C@@H](O)[C@H](O)[C@H](O)[C@@H](O)C=O. The van der Waals surface area contributed by atoms with Gasteiger partial charge in [0.15, 0.2) is 6.29 Å². The van der Waals surface area contributed by atoms with Crippen LogP contribution in [0.2, 0.25) is 0 Å². The predicted molar refractivity (Wildman–Crippen MR) is 46.3 cm³/mol. The molecule has 14 heavy (non-hydrogen) atoms. The van der Waals surface area contributed by atoms with E-state index in [4.69, 9.17) is 16.7 Å². The first-order chi connectivity index (χ1) is 6.95. The number of aliphatic hydroxyl groups excluding tert-OH is 5. The average molecular weight is 207 g/mol. The molecule has 0 aliphatic rings. The second kappa shape index (κ2) is 5.84. The molecule has 0 radical (unpaired) electrons. The van der Waals surface area contributed by atoms with Crippen LogP contribution in [0, 0.1) is 0 Å². The van der Waals surface area contributed by atoms with Gasteiger partial charge in [-0.25, -0.2) is 0 Å². The van der Waals surface area contributed by atoms with Gasteiger partial charge in [0, 0.05) is 0 Å². The van der Waals surface area contributed by atoms with Gasteiger partial charge in [-0.05, 0) is 0 Å². The van der Waals surface area contributed by atoms with Crippen molar-refractivity contribution < 1.29 is 31.7 Å². The summed E-state index contributed by atoms with van der Waals surface area (Å²) in [5.74, 6) is 0. The molecule has 0 aromatic heterocycles. The predicted octanol–water partition coefficient (Wildman–Crippen LogP) is -2.82. The van der Waals surface area contributed by atoms with Crippen LogP contribution in [0.4, 0.5) is 0 Å². The lowest BCUT2D eigenvalue weighted by molar-refractivity contribution is -0.140. The largest absolute Gasteiger partial charge is 0.387 e. The second-order valence-electron chi connectivity index (χ2n) is 2.78. The highest BCUT2D eigenvalue weighted by Crippen LogP contribution is 2.08. The second-order valence-corrected chi connectivity index (χ2v) is 2.78. The molecule has 0 heterocycles. The first-order valence-corrected chi connectivity index (χ1v) is 3.86. The Balaban J connectivity index is 4.41. The van der Waals surface area contributed by atoms with Crippen LogP contribution >= 0.6 is 0 Å². The zero-order valence-corrected chi connectivity index (χ0v) is 7.26. The summed E-state index contributed by atoms with van der Waals surface area (Å²) in [4.78, 5) is 10.1. The Morgan fingerprint density at radius 1 is 1.00 bits per heavy atom. The van der Waals surface area contributed by atoms with Crippen LogP contribution in [0.25, 0.3) is 0 Å². The topological polar surface area (TPSA) is 118 Å². The monoisotopic (exact) mass is 207 g/mol. The summed E-state index contributed by atoms with van der Waals surface area (Å²) < 4.78 is 6.59. The Labute approximate surface area is 82.1 Å². The summed E-state index contributed by atoms with van der Waals surface area (Å²) in [7, 11) is 0. The molecule has 0 amide bonds. The van der Waals surface area contributed by atoms with E-state index in [0.29, 0.717) is 6.55 Å². The molecule has 5 N–H and O–H groups in total. The molecule has 0 spiro atoms. The summed E-state index contributed by atoms with van der Waals surface area (Å²) in [6.07, 6.45) is -8.13. The maximum Gasteiger partial charge on any atom is 0.151 e. The van der Waals surface area contributed by atoms with E-state index in [1.54, 1.807) is 0 Å². The van der Waals surface area contributed by atoms with Crippen LogP contribution in [-0.4, -0.2) is 62.3 Å². The lowest BCUT2D eigenvalue weighted by Crippen LogP contribution is -2.48. The van der Waals surface area contributed by atoms with E-state index in [0.717, 1.165) is 6.08 Å². The Hall–Kier alpha value is -0.790. The summed E-state index contributed by atoms with van der Waals surface area (Å²) in [5.41, 5.74) is 0. The molecular formula is C8H14O6. The van der Waals surface area contributed by atoms with Gasteiger partial charge in [0.1, 0.15) is 30.5 Å². The molecule has 6 heteroatoms. The van der Waals surface area contributed by atoms with Crippen molar-refractivity contribution in [2.45, 2.75) is 30.5 Å². The highest BCUT2D eigenvalue weighted by atomic mass is 16.4. The van der Waals surface area contributed by atoms with Gasteiger partial charge >= 0.3 is 0 Å². The van der Waals surface area contributed by atoms with Crippen molar-refractivity contribution in [1.29, 1.82) is 0 Å². The van der Waals surface area contributed by atoms with Crippen LogP contribution in [-0.2, 0) is 4.79 Å². The summed E-state index contributed by atoms with van der Waals surface area (Å²) in [6, 6.07) is 0. The molecule has 6 nitrogen and oxygen atoms in total. The third-order valence-electron chi connectivity index (χ3n) is 1.74. The standard InChI is InChI=1S/C8H14O6/c1-2-4(10)6(12)8(14)7(13)5(11)3-9/h2-8,10-14H,1H2/t4?,5-,6+,7+,8-/m0/s1/i1D. The molecule has 0 fully saturated rings. The first kappa shape index (κ1) is 11.3. The number of hydrogen-bond acceptors (Lipinski definition) is 6. The van der Waals surface area contributed by atoms with Gasteiger partial charge in [0.2, 0.25) is 0 Å². The van der Waals surface area contributed by atoms with Gasteiger partial charge in [0.25, 0.3) is 0 Å². The number of aliphatic hydroxyl groups is 5. The van der Waals surface area contributed by atoms with Crippen LogP contribution in [0.15, 0.2) is 12.6 Å². The van der Waals surface area contributed by atoms with Gasteiger partial charge < -0.3 is 30.3 Å². The van der Waals surface area contributed by atoms with Crippen molar-refractivity contribution in [3.63, 3.8) is 0 Å². The third kappa shape index (κ3) is 3.17. The smallest absolute Gasteiger partial charge is 0.151 e. The minimum atomic E-state index is -1.90. The number of aldehydes is 1. The summed E-state index contributed by atoms with van der Waals surface area (Å²) in [5, 5.41) is 45.4. The quantitative estimate of drug-likeness (QED) is 0.237. The maximum absolute atomic E-state index is 10.1. The fourth-order valence-corrected chi connectivity index (χ4v) is 0.800. The molecule has 5 atom stereocenters. The zero-order valence-electron chi connectivity index (χ0n) is 8.26. The van der Waals surface area contributed by atoms with Crippen molar-refractivity contribution >= 4 is 6.29 Å².